The van der Waals surface area contributed by atoms with Crippen molar-refractivity contribution in [1.82, 2.24) is 4.57 Å². The number of nitrogens with zero attached hydrogens (tertiary/aromatic N) is 2. The fourth-order valence-corrected chi connectivity index (χ4v) is 4.86. The number of aliphatic imine (C=N–C) groups is 1. The van der Waals surface area contributed by atoms with Crippen LogP contribution in [-0.4, -0.2) is 64.7 Å². The van der Waals surface area contributed by atoms with Gasteiger partial charge in [0, 0.05) is 36.4 Å². The number of fused-ring (bicyclic) bond motifs is 1. The highest BCUT2D eigenvalue weighted by Gasteiger charge is 2.30. The number of anilines is 1. The number of sulfone groups is 1. The summed E-state index contributed by atoms with van der Waals surface area (Å²) in [6, 6.07) is 10.7. The van der Waals surface area contributed by atoms with Crippen molar-refractivity contribution < 1.29 is 35.5 Å². The molecule has 0 bridgehead atoms. The molecule has 0 spiro atoms. The molecule has 1 aliphatic rings. The smallest absolute Gasteiger partial charge is 0.406 e. The predicted molar refractivity (Wildman–Crippen MR) is 141 cm³/mol. The summed E-state index contributed by atoms with van der Waals surface area (Å²) in [5.74, 6) is 5.47. The number of ether oxygens (including phenoxy) is 2. The number of methoxy groups -OCH3 is 1. The molecule has 1 aromatic heterocycles. The number of nitrogens with one attached hydrogen (secondary N) is 1. The fraction of sp³-hybridized carbons (Fsp3) is 0.370. The topological polar surface area (TPSA) is 81.9 Å². The van der Waals surface area contributed by atoms with Crippen molar-refractivity contribution in [1.29, 1.82) is 0 Å². The average Bonchev–Trinajstić information content (AvgIpc) is 3.21. The van der Waals surface area contributed by atoms with Gasteiger partial charge in [-0.05, 0) is 42.7 Å². The van der Waals surface area contributed by atoms with Crippen LogP contribution in [0.3, 0.4) is 0 Å². The summed E-state index contributed by atoms with van der Waals surface area (Å²) in [7, 11) is -2.04. The molecule has 2 atom stereocenters. The molecule has 1 saturated heterocycles. The third-order valence-corrected chi connectivity index (χ3v) is 7.30. The van der Waals surface area contributed by atoms with Crippen molar-refractivity contribution in [3.63, 3.8) is 0 Å². The van der Waals surface area contributed by atoms with Gasteiger partial charge in [-0.3, -0.25) is 4.99 Å². The van der Waals surface area contributed by atoms with Gasteiger partial charge in [-0.2, -0.15) is 13.2 Å². The number of benzene rings is 2. The zero-order chi connectivity index (χ0) is 28.2. The lowest BCUT2D eigenvalue weighted by atomic mass is 10.00. The first-order chi connectivity index (χ1) is 18.5. The van der Waals surface area contributed by atoms with Crippen molar-refractivity contribution in [3.05, 3.63) is 48.2 Å². The summed E-state index contributed by atoms with van der Waals surface area (Å²) >= 11 is 0. The quantitative estimate of drug-likeness (QED) is 0.243. The summed E-state index contributed by atoms with van der Waals surface area (Å²) in [5, 5.41) is 3.46. The van der Waals surface area contributed by atoms with Crippen LogP contribution in [0.4, 0.5) is 28.9 Å². The lowest BCUT2D eigenvalue weighted by molar-refractivity contribution is -0.140. The molecule has 0 aliphatic carbocycles. The summed E-state index contributed by atoms with van der Waals surface area (Å²) in [6.07, 6.45) is -2.62. The Morgan fingerprint density at radius 2 is 2.05 bits per heavy atom. The van der Waals surface area contributed by atoms with E-state index in [1.54, 1.807) is 24.3 Å². The Morgan fingerprint density at radius 1 is 1.26 bits per heavy atom. The highest BCUT2D eigenvalue weighted by molar-refractivity contribution is 7.90. The van der Waals surface area contributed by atoms with Crippen LogP contribution in [0.5, 0.6) is 5.75 Å². The average molecular weight is 566 g/mol. The van der Waals surface area contributed by atoms with Gasteiger partial charge in [-0.25, -0.2) is 12.8 Å². The number of hydrogen-bond acceptors (Lipinski definition) is 6. The normalized spacial score (nSPS) is 18.2. The van der Waals surface area contributed by atoms with Crippen LogP contribution in [0.2, 0.25) is 0 Å². The molecule has 0 amide bonds. The zero-order valence-electron chi connectivity index (χ0n) is 21.3. The third kappa shape index (κ3) is 7.10. The molecule has 2 heterocycles. The Labute approximate surface area is 223 Å². The van der Waals surface area contributed by atoms with Gasteiger partial charge in [0.1, 0.15) is 18.5 Å². The Balaban J connectivity index is 1.61. The standard InChI is InChI=1S/C27H27F4N3O4S/c1-37-26-14-20(39(2,35)36)8-9-24(26)32-11-4-5-19-13-21-23(33-15-18-10-12-38-16-22(18)28)6-3-7-25(21)34(19)17-27(29,30)31/h3,6-9,13-15,18,22,32H,10-12,16-17H2,1-2H3/t18?,22-/m0/s1. The molecule has 39 heavy (non-hydrogen) atoms. The zero-order valence-corrected chi connectivity index (χ0v) is 22.1. The minimum absolute atomic E-state index is 0.00958. The fourth-order valence-electron chi connectivity index (χ4n) is 4.22. The Hall–Kier alpha value is -3.56. The lowest BCUT2D eigenvalue weighted by Gasteiger charge is -2.22. The van der Waals surface area contributed by atoms with E-state index in [4.69, 9.17) is 9.47 Å². The maximum atomic E-state index is 14.1. The third-order valence-electron chi connectivity index (χ3n) is 6.19. The minimum atomic E-state index is -4.49. The van der Waals surface area contributed by atoms with Gasteiger partial charge in [0.25, 0.3) is 0 Å². The SMILES string of the molecule is COc1cc(S(C)(=O)=O)ccc1NCC#Cc1cc2c(N=CC3CCOC[C@@H]3F)cccc2n1CC(F)(F)F. The van der Waals surface area contributed by atoms with Gasteiger partial charge in [0.2, 0.25) is 0 Å². The second-order valence-corrected chi connectivity index (χ2v) is 11.1. The van der Waals surface area contributed by atoms with Gasteiger partial charge < -0.3 is 19.4 Å². The van der Waals surface area contributed by atoms with Crippen molar-refractivity contribution in [2.75, 3.05) is 38.4 Å². The molecule has 0 radical (unpaired) electrons. The van der Waals surface area contributed by atoms with Gasteiger partial charge in [0.05, 0.1) is 47.7 Å². The van der Waals surface area contributed by atoms with E-state index in [1.165, 1.54) is 31.5 Å². The van der Waals surface area contributed by atoms with Crippen molar-refractivity contribution >= 4 is 38.3 Å². The Bertz CT molecular complexity index is 1540. The van der Waals surface area contributed by atoms with E-state index in [9.17, 15) is 26.0 Å². The Kier molecular flexibility index (Phi) is 8.51. The molecular weight excluding hydrogens is 538 g/mol. The first-order valence-corrected chi connectivity index (χ1v) is 13.9. The van der Waals surface area contributed by atoms with E-state index in [0.29, 0.717) is 35.3 Å². The van der Waals surface area contributed by atoms with E-state index in [1.807, 2.05) is 0 Å². The molecule has 208 valence electrons. The second-order valence-electron chi connectivity index (χ2n) is 9.05. The molecule has 0 saturated carbocycles. The minimum Gasteiger partial charge on any atom is -0.495 e. The number of hydrogen-bond donors (Lipinski definition) is 1. The lowest BCUT2D eigenvalue weighted by Crippen LogP contribution is -2.29. The molecule has 2 aromatic carbocycles. The number of halogens is 4. The van der Waals surface area contributed by atoms with Crippen LogP contribution < -0.4 is 10.1 Å². The van der Waals surface area contributed by atoms with E-state index < -0.39 is 34.6 Å². The van der Waals surface area contributed by atoms with Crippen LogP contribution in [-0.2, 0) is 21.1 Å². The maximum absolute atomic E-state index is 14.1. The van der Waals surface area contributed by atoms with Crippen molar-refractivity contribution in [2.24, 2.45) is 10.9 Å². The van der Waals surface area contributed by atoms with E-state index >= 15 is 0 Å². The molecule has 4 rings (SSSR count). The number of aromatic nitrogens is 1. The van der Waals surface area contributed by atoms with Gasteiger partial charge in [0.15, 0.2) is 9.84 Å². The first kappa shape index (κ1) is 28.4. The van der Waals surface area contributed by atoms with Crippen LogP contribution in [0.1, 0.15) is 12.1 Å². The molecule has 1 fully saturated rings. The largest absolute Gasteiger partial charge is 0.495 e. The van der Waals surface area contributed by atoms with E-state index in [2.05, 4.69) is 22.2 Å². The Morgan fingerprint density at radius 3 is 2.74 bits per heavy atom. The van der Waals surface area contributed by atoms with Gasteiger partial charge >= 0.3 is 6.18 Å². The maximum Gasteiger partial charge on any atom is 0.406 e. The highest BCUT2D eigenvalue weighted by atomic mass is 32.2. The predicted octanol–water partition coefficient (Wildman–Crippen LogP) is 5.16. The first-order valence-electron chi connectivity index (χ1n) is 12.0. The molecule has 1 unspecified atom stereocenters. The molecule has 1 aliphatic heterocycles. The second kappa shape index (κ2) is 11.7. The summed E-state index contributed by atoms with van der Waals surface area (Å²) < 4.78 is 89.5. The monoisotopic (exact) mass is 565 g/mol. The molecular formula is C27H27F4N3O4S. The van der Waals surface area contributed by atoms with Crippen LogP contribution in [0.25, 0.3) is 10.9 Å². The van der Waals surface area contributed by atoms with Crippen LogP contribution >= 0.6 is 0 Å². The molecule has 3 aromatic rings. The number of alkyl halides is 4. The van der Waals surface area contributed by atoms with E-state index in [-0.39, 0.29) is 29.5 Å². The van der Waals surface area contributed by atoms with Crippen molar-refractivity contribution in [3.8, 4) is 17.6 Å². The number of rotatable bonds is 7. The van der Waals surface area contributed by atoms with Crippen LogP contribution in [0, 0.1) is 17.8 Å². The summed E-state index contributed by atoms with van der Waals surface area (Å²) in [6.45, 7) is -0.779. The molecule has 12 heteroatoms. The highest BCUT2D eigenvalue weighted by Crippen LogP contribution is 2.32. The summed E-state index contributed by atoms with van der Waals surface area (Å²) in [5.41, 5.74) is 1.34. The van der Waals surface area contributed by atoms with Gasteiger partial charge in [-0.15, -0.1) is 0 Å². The molecule has 7 nitrogen and oxygen atoms in total. The van der Waals surface area contributed by atoms with Crippen molar-refractivity contribution in [2.45, 2.75) is 30.2 Å². The summed E-state index contributed by atoms with van der Waals surface area (Å²) in [4.78, 5) is 4.49. The van der Waals surface area contributed by atoms with E-state index in [0.717, 1.165) is 10.8 Å². The molecule has 1 N–H and O–H groups in total. The van der Waals surface area contributed by atoms with Gasteiger partial charge in [-0.1, -0.05) is 12.0 Å². The van der Waals surface area contributed by atoms with Crippen LogP contribution in [0.15, 0.2) is 52.4 Å².